The van der Waals surface area contributed by atoms with Crippen molar-refractivity contribution in [2.45, 2.75) is 19.1 Å². The van der Waals surface area contributed by atoms with Gasteiger partial charge in [0.05, 0.1) is 6.10 Å². The van der Waals surface area contributed by atoms with Crippen molar-refractivity contribution < 1.29 is 9.90 Å². The Morgan fingerprint density at radius 3 is 2.74 bits per heavy atom. The molecule has 2 aromatic rings. The highest BCUT2D eigenvalue weighted by molar-refractivity contribution is 5.79. The van der Waals surface area contributed by atoms with Crippen LogP contribution in [0.5, 0.6) is 0 Å². The predicted molar refractivity (Wildman–Crippen MR) is 71.3 cm³/mol. The van der Waals surface area contributed by atoms with Crippen molar-refractivity contribution >= 4 is 5.91 Å². The van der Waals surface area contributed by atoms with Crippen LogP contribution in [-0.4, -0.2) is 27.3 Å². The third-order valence-corrected chi connectivity index (χ3v) is 2.96. The maximum Gasteiger partial charge on any atom is 0.244 e. The van der Waals surface area contributed by atoms with Crippen molar-refractivity contribution in [3.8, 4) is 0 Å². The molecule has 19 heavy (non-hydrogen) atoms. The molecule has 5 nitrogen and oxygen atoms in total. The smallest absolute Gasteiger partial charge is 0.244 e. The van der Waals surface area contributed by atoms with E-state index in [-0.39, 0.29) is 12.5 Å². The van der Waals surface area contributed by atoms with Crippen molar-refractivity contribution in [3.63, 3.8) is 0 Å². The number of carbonyl (C=O) groups is 1. The van der Waals surface area contributed by atoms with Gasteiger partial charge in [-0.25, -0.2) is 0 Å². The van der Waals surface area contributed by atoms with Gasteiger partial charge in [0.1, 0.15) is 6.04 Å². The molecular weight excluding hydrogens is 242 g/mol. The maximum absolute atomic E-state index is 11.9. The minimum Gasteiger partial charge on any atom is -0.387 e. The quantitative estimate of drug-likeness (QED) is 0.850. The standard InChI is InChI=1S/C14H17N3O2/c1-11(17-9-5-8-16-17)14(19)15-10-13(18)12-6-3-2-4-7-12/h2-9,11,13,18H,10H2,1H3,(H,15,19). The van der Waals surface area contributed by atoms with Gasteiger partial charge in [0, 0.05) is 18.9 Å². The Labute approximate surface area is 111 Å². The summed E-state index contributed by atoms with van der Waals surface area (Å²) in [4.78, 5) is 11.9. The van der Waals surface area contributed by atoms with Crippen molar-refractivity contribution in [2.75, 3.05) is 6.54 Å². The number of hydrogen-bond acceptors (Lipinski definition) is 3. The lowest BCUT2D eigenvalue weighted by atomic mass is 10.1. The van der Waals surface area contributed by atoms with Crippen LogP contribution in [-0.2, 0) is 4.79 Å². The van der Waals surface area contributed by atoms with Crippen molar-refractivity contribution in [1.29, 1.82) is 0 Å². The fraction of sp³-hybridized carbons (Fsp3) is 0.286. The minimum atomic E-state index is -0.699. The van der Waals surface area contributed by atoms with Crippen LogP contribution in [0.3, 0.4) is 0 Å². The van der Waals surface area contributed by atoms with Gasteiger partial charge in [0.2, 0.25) is 5.91 Å². The molecule has 2 atom stereocenters. The molecule has 2 unspecified atom stereocenters. The summed E-state index contributed by atoms with van der Waals surface area (Å²) in [6.07, 6.45) is 2.66. The summed E-state index contributed by atoms with van der Waals surface area (Å²) in [5, 5.41) is 16.7. The van der Waals surface area contributed by atoms with Gasteiger partial charge in [-0.1, -0.05) is 30.3 Å². The molecule has 0 aliphatic heterocycles. The van der Waals surface area contributed by atoms with Gasteiger partial charge in [-0.15, -0.1) is 0 Å². The first-order chi connectivity index (χ1) is 9.18. The zero-order valence-corrected chi connectivity index (χ0v) is 10.7. The SMILES string of the molecule is CC(C(=O)NCC(O)c1ccccc1)n1cccn1. The van der Waals surface area contributed by atoms with Gasteiger partial charge in [0.25, 0.3) is 0 Å². The molecule has 0 spiro atoms. The number of aliphatic hydroxyl groups excluding tert-OH is 1. The molecule has 1 aromatic carbocycles. The topological polar surface area (TPSA) is 67.2 Å². The number of amides is 1. The van der Waals surface area contributed by atoms with Gasteiger partial charge in [-0.3, -0.25) is 9.48 Å². The van der Waals surface area contributed by atoms with E-state index in [2.05, 4.69) is 10.4 Å². The second-order valence-electron chi connectivity index (χ2n) is 4.33. The summed E-state index contributed by atoms with van der Waals surface area (Å²) in [7, 11) is 0. The molecule has 2 N–H and O–H groups in total. The second kappa shape index (κ2) is 6.15. The number of hydrogen-bond donors (Lipinski definition) is 2. The molecule has 5 heteroatoms. The van der Waals surface area contributed by atoms with Crippen LogP contribution in [0.15, 0.2) is 48.8 Å². The van der Waals surface area contributed by atoms with E-state index in [1.807, 2.05) is 30.3 Å². The average molecular weight is 259 g/mol. The first kappa shape index (κ1) is 13.3. The molecule has 0 bridgehead atoms. The van der Waals surface area contributed by atoms with E-state index in [9.17, 15) is 9.90 Å². The van der Waals surface area contributed by atoms with Gasteiger partial charge in [0.15, 0.2) is 0 Å². The Bertz CT molecular complexity index is 511. The Morgan fingerprint density at radius 1 is 1.37 bits per heavy atom. The lowest BCUT2D eigenvalue weighted by molar-refractivity contribution is -0.124. The van der Waals surface area contributed by atoms with Crippen LogP contribution >= 0.6 is 0 Å². The summed E-state index contributed by atoms with van der Waals surface area (Å²) in [6.45, 7) is 1.95. The highest BCUT2D eigenvalue weighted by Gasteiger charge is 2.16. The third kappa shape index (κ3) is 3.42. The van der Waals surface area contributed by atoms with Crippen LogP contribution in [0.4, 0.5) is 0 Å². The Morgan fingerprint density at radius 2 is 2.11 bits per heavy atom. The first-order valence-electron chi connectivity index (χ1n) is 6.18. The number of nitrogens with one attached hydrogen (secondary N) is 1. The summed E-state index contributed by atoms with van der Waals surface area (Å²) < 4.78 is 1.57. The molecule has 0 saturated heterocycles. The van der Waals surface area contributed by atoms with E-state index < -0.39 is 12.1 Å². The minimum absolute atomic E-state index is 0.168. The number of benzene rings is 1. The lowest BCUT2D eigenvalue weighted by Gasteiger charge is -2.15. The van der Waals surface area contributed by atoms with Gasteiger partial charge in [-0.2, -0.15) is 5.10 Å². The van der Waals surface area contributed by atoms with E-state index in [4.69, 9.17) is 0 Å². The molecule has 100 valence electrons. The zero-order chi connectivity index (χ0) is 13.7. The highest BCUT2D eigenvalue weighted by atomic mass is 16.3. The molecule has 2 rings (SSSR count). The molecule has 0 saturated carbocycles. The molecule has 1 heterocycles. The Kier molecular flexibility index (Phi) is 4.30. The molecule has 0 radical (unpaired) electrons. The summed E-state index contributed by atoms with van der Waals surface area (Å²) in [5.74, 6) is -0.168. The zero-order valence-electron chi connectivity index (χ0n) is 10.7. The fourth-order valence-electron chi connectivity index (χ4n) is 1.77. The van der Waals surface area contributed by atoms with E-state index >= 15 is 0 Å². The second-order valence-corrected chi connectivity index (χ2v) is 4.33. The number of aliphatic hydroxyl groups is 1. The van der Waals surface area contributed by atoms with E-state index in [1.54, 1.807) is 30.1 Å². The van der Waals surface area contributed by atoms with E-state index in [1.165, 1.54) is 0 Å². The number of nitrogens with zero attached hydrogens (tertiary/aromatic N) is 2. The lowest BCUT2D eigenvalue weighted by Crippen LogP contribution is -2.34. The van der Waals surface area contributed by atoms with E-state index in [0.29, 0.717) is 0 Å². The first-order valence-corrected chi connectivity index (χ1v) is 6.18. The normalized spacial score (nSPS) is 13.8. The number of carbonyl (C=O) groups excluding carboxylic acids is 1. The van der Waals surface area contributed by atoms with Crippen LogP contribution in [0.1, 0.15) is 24.6 Å². The molecule has 0 aliphatic carbocycles. The summed E-state index contributed by atoms with van der Waals surface area (Å²) in [5.41, 5.74) is 0.787. The van der Waals surface area contributed by atoms with Crippen LogP contribution in [0.2, 0.25) is 0 Å². The highest BCUT2D eigenvalue weighted by Crippen LogP contribution is 2.11. The molecule has 0 aliphatic rings. The molecule has 1 aromatic heterocycles. The average Bonchev–Trinajstić information content (AvgIpc) is 2.98. The van der Waals surface area contributed by atoms with Gasteiger partial charge < -0.3 is 10.4 Å². The molecular formula is C14H17N3O2. The van der Waals surface area contributed by atoms with Crippen LogP contribution in [0.25, 0.3) is 0 Å². The summed E-state index contributed by atoms with van der Waals surface area (Å²) >= 11 is 0. The van der Waals surface area contributed by atoms with Gasteiger partial charge in [-0.05, 0) is 18.6 Å². The number of aromatic nitrogens is 2. The fourth-order valence-corrected chi connectivity index (χ4v) is 1.77. The van der Waals surface area contributed by atoms with Crippen LogP contribution < -0.4 is 5.32 Å². The van der Waals surface area contributed by atoms with Gasteiger partial charge >= 0.3 is 0 Å². The molecule has 0 fully saturated rings. The Balaban J connectivity index is 1.87. The number of rotatable bonds is 5. The molecule has 1 amide bonds. The maximum atomic E-state index is 11.9. The van der Waals surface area contributed by atoms with Crippen molar-refractivity contribution in [3.05, 3.63) is 54.4 Å². The largest absolute Gasteiger partial charge is 0.387 e. The van der Waals surface area contributed by atoms with Crippen molar-refractivity contribution in [2.24, 2.45) is 0 Å². The van der Waals surface area contributed by atoms with E-state index in [0.717, 1.165) is 5.56 Å². The van der Waals surface area contributed by atoms with Crippen molar-refractivity contribution in [1.82, 2.24) is 15.1 Å². The predicted octanol–water partition coefficient (Wildman–Crippen LogP) is 1.29. The summed E-state index contributed by atoms with van der Waals surface area (Å²) in [6, 6.07) is 10.6. The monoisotopic (exact) mass is 259 g/mol. The Hall–Kier alpha value is -2.14. The van der Waals surface area contributed by atoms with Crippen LogP contribution in [0, 0.1) is 0 Å². The third-order valence-electron chi connectivity index (χ3n) is 2.96.